The second-order valence-corrected chi connectivity index (χ2v) is 16.1. The predicted molar refractivity (Wildman–Crippen MR) is 125 cm³/mol. The van der Waals surface area contributed by atoms with Crippen LogP contribution in [0.5, 0.6) is 0 Å². The summed E-state index contributed by atoms with van der Waals surface area (Å²) < 4.78 is 7.46. The molecule has 0 fully saturated rings. The van der Waals surface area contributed by atoms with Crippen molar-refractivity contribution in [1.82, 2.24) is 0 Å². The first-order valence-electron chi connectivity index (χ1n) is 7.71. The van der Waals surface area contributed by atoms with E-state index in [0.717, 1.165) is 0 Å². The summed E-state index contributed by atoms with van der Waals surface area (Å²) in [4.78, 5) is 0. The average molecular weight is 505 g/mol. The van der Waals surface area contributed by atoms with E-state index in [1.807, 2.05) is 0 Å². The quantitative estimate of drug-likeness (QED) is 0.450. The number of thioether (sulfide) groups is 8. The van der Waals surface area contributed by atoms with Crippen LogP contribution in [0, 0.1) is 0 Å². The molecule has 4 heterocycles. The second kappa shape index (κ2) is 9.34. The summed E-state index contributed by atoms with van der Waals surface area (Å²) in [5.74, 6) is 0. The molecule has 4 aliphatic rings. The van der Waals surface area contributed by atoms with Gasteiger partial charge in [0.25, 0.3) is 0 Å². The molecule has 144 valence electrons. The fourth-order valence-electron chi connectivity index (χ4n) is 2.47. The van der Waals surface area contributed by atoms with Gasteiger partial charge < -0.3 is 20.4 Å². The Morgan fingerprint density at radius 1 is 0.423 bits per heavy atom. The molecule has 0 spiro atoms. The van der Waals surface area contributed by atoms with Crippen LogP contribution in [0.2, 0.25) is 0 Å². The topological polar surface area (TPSA) is 80.9 Å². The van der Waals surface area contributed by atoms with E-state index in [-0.39, 0.29) is 47.4 Å². The molecular formula is C14H16O4S8. The van der Waals surface area contributed by atoms with Gasteiger partial charge >= 0.3 is 0 Å². The van der Waals surface area contributed by atoms with Crippen molar-refractivity contribution in [1.29, 1.82) is 0 Å². The molecule has 0 saturated heterocycles. The highest BCUT2D eigenvalue weighted by atomic mass is 32.3. The Balaban J connectivity index is 1.47. The Bertz CT molecular complexity index is 570. The molecular weight excluding hydrogens is 489 g/mol. The van der Waals surface area contributed by atoms with E-state index in [0.29, 0.717) is 0 Å². The van der Waals surface area contributed by atoms with E-state index in [1.54, 1.807) is 94.1 Å². The molecule has 0 aromatic heterocycles. The Labute approximate surface area is 186 Å². The fraction of sp³-hybridized carbons (Fsp3) is 0.571. The van der Waals surface area contributed by atoms with Crippen molar-refractivity contribution >= 4 is 94.1 Å². The first-order valence-corrected chi connectivity index (χ1v) is 14.5. The van der Waals surface area contributed by atoms with Crippen molar-refractivity contribution in [2.24, 2.45) is 0 Å². The number of aliphatic hydroxyl groups is 4. The Morgan fingerprint density at radius 3 is 0.846 bits per heavy atom. The van der Waals surface area contributed by atoms with Crippen molar-refractivity contribution in [3.8, 4) is 0 Å². The zero-order valence-corrected chi connectivity index (χ0v) is 19.7. The van der Waals surface area contributed by atoms with Crippen LogP contribution < -0.4 is 0 Å². The molecule has 0 bridgehead atoms. The van der Waals surface area contributed by atoms with E-state index < -0.39 is 0 Å². The third kappa shape index (κ3) is 4.18. The highest BCUT2D eigenvalue weighted by Crippen LogP contribution is 2.69. The largest absolute Gasteiger partial charge is 0.395 e. The van der Waals surface area contributed by atoms with Crippen molar-refractivity contribution in [3.63, 3.8) is 0 Å². The molecule has 4 rings (SSSR count). The van der Waals surface area contributed by atoms with Crippen molar-refractivity contribution in [2.75, 3.05) is 26.4 Å². The summed E-state index contributed by atoms with van der Waals surface area (Å²) in [6.07, 6.45) is 0. The van der Waals surface area contributed by atoms with E-state index in [9.17, 15) is 20.4 Å². The van der Waals surface area contributed by atoms with Crippen molar-refractivity contribution in [3.05, 3.63) is 25.4 Å². The molecule has 0 unspecified atom stereocenters. The molecule has 4 aliphatic heterocycles. The van der Waals surface area contributed by atoms with Crippen LogP contribution in [0.4, 0.5) is 0 Å². The standard InChI is InChI=1S/C14H16O4S8/c15-1-5-6(2-16)20-10-9(19-5)23-13(24-10)14-25-11-12(26-14)22-8(4-18)7(3-17)21-11/h5-8,15-18H,1-4H2/t5-,6-,7-,8-/m0/s1. The Morgan fingerprint density at radius 2 is 0.654 bits per heavy atom. The minimum atomic E-state index is 0.0400. The third-order valence-electron chi connectivity index (χ3n) is 3.82. The van der Waals surface area contributed by atoms with Gasteiger partial charge in [-0.3, -0.25) is 0 Å². The highest BCUT2D eigenvalue weighted by Gasteiger charge is 2.40. The van der Waals surface area contributed by atoms with Gasteiger partial charge in [-0.1, -0.05) is 47.0 Å². The zero-order chi connectivity index (χ0) is 18.3. The van der Waals surface area contributed by atoms with Crippen LogP contribution in [0.3, 0.4) is 0 Å². The summed E-state index contributed by atoms with van der Waals surface area (Å²) in [6, 6.07) is 0. The zero-order valence-electron chi connectivity index (χ0n) is 13.2. The fourth-order valence-corrected chi connectivity index (χ4v) is 15.6. The summed E-state index contributed by atoms with van der Waals surface area (Å²) in [5, 5.41) is 38.4. The minimum Gasteiger partial charge on any atom is -0.395 e. The Kier molecular flexibility index (Phi) is 7.58. The molecule has 0 aliphatic carbocycles. The molecule has 0 amide bonds. The molecule has 0 aromatic rings. The van der Waals surface area contributed by atoms with Gasteiger partial charge in [-0.05, 0) is 0 Å². The molecule has 4 N–H and O–H groups in total. The van der Waals surface area contributed by atoms with Crippen LogP contribution in [0.25, 0.3) is 0 Å². The SMILES string of the molecule is OC[C@@H]1SC2=C(SC(=C3SC4=C(S3)S[C@@H](CO)[C@H](CO)S4)S2)S[C@H]1CO. The van der Waals surface area contributed by atoms with Crippen LogP contribution in [0.15, 0.2) is 25.4 Å². The van der Waals surface area contributed by atoms with Crippen LogP contribution in [-0.4, -0.2) is 67.9 Å². The number of hydrogen-bond donors (Lipinski definition) is 4. The van der Waals surface area contributed by atoms with Crippen molar-refractivity contribution in [2.45, 2.75) is 21.0 Å². The van der Waals surface area contributed by atoms with Gasteiger partial charge in [0.15, 0.2) is 0 Å². The molecule has 4 atom stereocenters. The Hall–Kier alpha value is 1.86. The van der Waals surface area contributed by atoms with E-state index in [4.69, 9.17) is 0 Å². The lowest BCUT2D eigenvalue weighted by Crippen LogP contribution is -2.29. The lowest BCUT2D eigenvalue weighted by atomic mass is 10.3. The number of hydrogen-bond acceptors (Lipinski definition) is 12. The first-order chi connectivity index (χ1) is 12.7. The smallest absolute Gasteiger partial charge is 0.0717 e. The van der Waals surface area contributed by atoms with Gasteiger partial charge in [0.2, 0.25) is 0 Å². The van der Waals surface area contributed by atoms with Gasteiger partial charge in [-0.25, -0.2) is 0 Å². The summed E-state index contributed by atoms with van der Waals surface area (Å²) in [7, 11) is 0. The van der Waals surface area contributed by atoms with Crippen LogP contribution in [-0.2, 0) is 0 Å². The van der Waals surface area contributed by atoms with Gasteiger partial charge in [0, 0.05) is 21.0 Å². The minimum absolute atomic E-state index is 0.0400. The van der Waals surface area contributed by atoms with Crippen molar-refractivity contribution < 1.29 is 20.4 Å². The average Bonchev–Trinajstić information content (AvgIpc) is 3.28. The lowest BCUT2D eigenvalue weighted by Gasteiger charge is -2.27. The van der Waals surface area contributed by atoms with E-state index in [1.165, 1.54) is 25.4 Å². The van der Waals surface area contributed by atoms with Gasteiger partial charge in [-0.15, -0.1) is 47.0 Å². The van der Waals surface area contributed by atoms with E-state index >= 15 is 0 Å². The maximum atomic E-state index is 9.57. The van der Waals surface area contributed by atoms with Gasteiger partial charge in [0.1, 0.15) is 0 Å². The second-order valence-electron chi connectivity index (χ2n) is 5.49. The normalized spacial score (nSPS) is 34.6. The maximum Gasteiger partial charge on any atom is 0.0717 e. The summed E-state index contributed by atoms with van der Waals surface area (Å²) in [6.45, 7) is 0.312. The first kappa shape index (κ1) is 21.1. The lowest BCUT2D eigenvalue weighted by molar-refractivity contribution is 0.253. The number of rotatable bonds is 4. The molecule has 12 heteroatoms. The van der Waals surface area contributed by atoms with Crippen LogP contribution >= 0.6 is 94.1 Å². The highest BCUT2D eigenvalue weighted by molar-refractivity contribution is 8.45. The molecule has 0 aromatic carbocycles. The van der Waals surface area contributed by atoms with E-state index in [2.05, 4.69) is 0 Å². The predicted octanol–water partition coefficient (Wildman–Crippen LogP) is 3.73. The monoisotopic (exact) mass is 504 g/mol. The van der Waals surface area contributed by atoms with Gasteiger partial charge in [0.05, 0.1) is 51.9 Å². The molecule has 0 radical (unpaired) electrons. The van der Waals surface area contributed by atoms with Gasteiger partial charge in [-0.2, -0.15) is 0 Å². The number of aliphatic hydroxyl groups excluding tert-OH is 4. The third-order valence-corrected chi connectivity index (χ3v) is 16.8. The molecule has 0 saturated carbocycles. The maximum absolute atomic E-state index is 9.57. The van der Waals surface area contributed by atoms with Crippen LogP contribution in [0.1, 0.15) is 0 Å². The molecule has 4 nitrogen and oxygen atoms in total. The summed E-state index contributed by atoms with van der Waals surface area (Å²) >= 11 is 13.8. The summed E-state index contributed by atoms with van der Waals surface area (Å²) in [5.41, 5.74) is 0. The molecule has 26 heavy (non-hydrogen) atoms.